The second-order valence-corrected chi connectivity index (χ2v) is 8.29. The van der Waals surface area contributed by atoms with Crippen molar-refractivity contribution in [1.82, 2.24) is 4.73 Å². The van der Waals surface area contributed by atoms with Crippen molar-refractivity contribution in [2.45, 2.75) is 13.2 Å². The summed E-state index contributed by atoms with van der Waals surface area (Å²) in [5.74, 6) is -1.53. The van der Waals surface area contributed by atoms with Crippen molar-refractivity contribution in [3.05, 3.63) is 99.3 Å². The van der Waals surface area contributed by atoms with Crippen LogP contribution in [0, 0.1) is 5.82 Å². The van der Waals surface area contributed by atoms with E-state index in [1.54, 1.807) is 18.2 Å². The van der Waals surface area contributed by atoms with Gasteiger partial charge in [-0.1, -0.05) is 46.3 Å². The Bertz CT molecular complexity index is 1350. The van der Waals surface area contributed by atoms with Gasteiger partial charge in [-0.05, 0) is 47.5 Å². The SMILES string of the molecule is COC(=O)c1c(OCc2ccc(Br)cc2)n(OCc2ccc(F)cc2)c2cc(C(N)=O)ccc12. The smallest absolute Gasteiger partial charge is 0.344 e. The Labute approximate surface area is 202 Å². The van der Waals surface area contributed by atoms with Crippen LogP contribution in [0.1, 0.15) is 31.8 Å². The number of rotatable bonds is 8. The minimum absolute atomic E-state index is 0.0418. The normalized spacial score (nSPS) is 10.8. The number of fused-ring (bicyclic) bond motifs is 1. The maximum atomic E-state index is 13.3. The second kappa shape index (κ2) is 9.96. The zero-order valence-corrected chi connectivity index (χ0v) is 19.7. The summed E-state index contributed by atoms with van der Waals surface area (Å²) in [4.78, 5) is 30.5. The van der Waals surface area contributed by atoms with Gasteiger partial charge in [0.1, 0.15) is 24.6 Å². The highest BCUT2D eigenvalue weighted by atomic mass is 79.9. The average molecular weight is 527 g/mol. The molecule has 174 valence electrons. The molecule has 1 amide bonds. The summed E-state index contributed by atoms with van der Waals surface area (Å²) >= 11 is 3.39. The van der Waals surface area contributed by atoms with E-state index in [0.29, 0.717) is 16.5 Å². The number of hydrogen-bond acceptors (Lipinski definition) is 5. The number of halogens is 2. The maximum absolute atomic E-state index is 13.3. The highest BCUT2D eigenvalue weighted by Crippen LogP contribution is 2.34. The van der Waals surface area contributed by atoms with E-state index in [4.69, 9.17) is 20.0 Å². The quantitative estimate of drug-likeness (QED) is 0.337. The molecule has 0 bridgehead atoms. The summed E-state index contributed by atoms with van der Waals surface area (Å²) in [6.45, 7) is 0.177. The lowest BCUT2D eigenvalue weighted by Gasteiger charge is -2.14. The number of ether oxygens (including phenoxy) is 2. The van der Waals surface area contributed by atoms with Gasteiger partial charge in [-0.25, -0.2) is 9.18 Å². The number of aromatic nitrogens is 1. The summed E-state index contributed by atoms with van der Waals surface area (Å²) in [5, 5.41) is 0.460. The molecule has 0 radical (unpaired) electrons. The second-order valence-electron chi connectivity index (χ2n) is 7.38. The van der Waals surface area contributed by atoms with Crippen molar-refractivity contribution in [2.24, 2.45) is 5.73 Å². The Morgan fingerprint density at radius 3 is 2.26 bits per heavy atom. The van der Waals surface area contributed by atoms with E-state index in [9.17, 15) is 14.0 Å². The Morgan fingerprint density at radius 2 is 1.62 bits per heavy atom. The third kappa shape index (κ3) is 4.89. The van der Waals surface area contributed by atoms with E-state index in [2.05, 4.69) is 15.9 Å². The highest BCUT2D eigenvalue weighted by Gasteiger charge is 2.27. The summed E-state index contributed by atoms with van der Waals surface area (Å²) in [7, 11) is 1.27. The molecule has 2 N–H and O–H groups in total. The summed E-state index contributed by atoms with van der Waals surface area (Å²) in [5.41, 5.74) is 7.77. The Kier molecular flexibility index (Phi) is 6.83. The van der Waals surface area contributed by atoms with Crippen molar-refractivity contribution in [1.29, 1.82) is 0 Å². The van der Waals surface area contributed by atoms with Crippen molar-refractivity contribution in [2.75, 3.05) is 7.11 Å². The van der Waals surface area contributed by atoms with Crippen LogP contribution < -0.4 is 15.3 Å². The zero-order chi connectivity index (χ0) is 24.2. The van der Waals surface area contributed by atoms with Gasteiger partial charge >= 0.3 is 5.97 Å². The molecule has 9 heteroatoms. The van der Waals surface area contributed by atoms with Gasteiger partial charge in [-0.3, -0.25) is 4.79 Å². The van der Waals surface area contributed by atoms with Gasteiger partial charge < -0.3 is 20.0 Å². The van der Waals surface area contributed by atoms with Crippen LogP contribution in [0.5, 0.6) is 5.88 Å². The first-order chi connectivity index (χ1) is 16.4. The molecule has 0 fully saturated rings. The van der Waals surface area contributed by atoms with Crippen LogP contribution in [0.2, 0.25) is 0 Å². The van der Waals surface area contributed by atoms with E-state index in [1.807, 2.05) is 24.3 Å². The third-order valence-electron chi connectivity index (χ3n) is 5.12. The largest absolute Gasteiger partial charge is 0.471 e. The monoisotopic (exact) mass is 526 g/mol. The van der Waals surface area contributed by atoms with Gasteiger partial charge in [0, 0.05) is 15.4 Å². The average Bonchev–Trinajstić information content (AvgIpc) is 3.15. The number of amides is 1. The summed E-state index contributed by atoms with van der Waals surface area (Å²) in [6, 6.07) is 17.9. The number of nitrogens with zero attached hydrogens (tertiary/aromatic N) is 1. The van der Waals surface area contributed by atoms with E-state index in [1.165, 1.54) is 36.1 Å². The molecule has 0 saturated heterocycles. The van der Waals surface area contributed by atoms with Gasteiger partial charge in [-0.2, -0.15) is 0 Å². The fourth-order valence-corrected chi connectivity index (χ4v) is 3.67. The molecule has 0 aliphatic heterocycles. The number of carbonyl (C=O) groups is 2. The third-order valence-corrected chi connectivity index (χ3v) is 5.65. The molecule has 4 aromatic rings. The predicted molar refractivity (Wildman–Crippen MR) is 127 cm³/mol. The first-order valence-corrected chi connectivity index (χ1v) is 11.0. The molecular weight excluding hydrogens is 507 g/mol. The number of benzene rings is 3. The molecule has 7 nitrogen and oxygen atoms in total. The van der Waals surface area contributed by atoms with Gasteiger partial charge in [0.2, 0.25) is 11.8 Å². The van der Waals surface area contributed by atoms with Crippen molar-refractivity contribution >= 4 is 38.7 Å². The molecule has 0 atom stereocenters. The predicted octanol–water partition coefficient (Wildman–Crippen LogP) is 4.64. The number of nitrogens with two attached hydrogens (primary N) is 1. The molecule has 0 spiro atoms. The molecule has 1 heterocycles. The number of carbonyl (C=O) groups excluding carboxylic acids is 2. The Balaban J connectivity index is 1.80. The van der Waals surface area contributed by atoms with E-state index in [0.717, 1.165) is 10.0 Å². The van der Waals surface area contributed by atoms with Gasteiger partial charge in [0.25, 0.3) is 0 Å². The van der Waals surface area contributed by atoms with Crippen LogP contribution >= 0.6 is 15.9 Å². The molecule has 3 aromatic carbocycles. The van der Waals surface area contributed by atoms with E-state index >= 15 is 0 Å². The molecule has 4 rings (SSSR count). The fraction of sp³-hybridized carbons (Fsp3) is 0.120. The highest BCUT2D eigenvalue weighted by molar-refractivity contribution is 9.10. The molecule has 0 saturated carbocycles. The number of primary amides is 1. The van der Waals surface area contributed by atoms with Gasteiger partial charge in [0.05, 0.1) is 12.6 Å². The van der Waals surface area contributed by atoms with Gasteiger partial charge in [0.15, 0.2) is 0 Å². The molecule has 34 heavy (non-hydrogen) atoms. The van der Waals surface area contributed by atoms with Crippen LogP contribution in [0.15, 0.2) is 71.2 Å². The lowest BCUT2D eigenvalue weighted by molar-refractivity contribution is 0.0570. The van der Waals surface area contributed by atoms with E-state index < -0.39 is 11.9 Å². The molecule has 0 unspecified atom stereocenters. The van der Waals surface area contributed by atoms with Crippen LogP contribution in [-0.4, -0.2) is 23.7 Å². The number of esters is 1. The standard InChI is InChI=1S/C25H20BrFN2O5/c1-32-25(31)22-20-11-6-17(23(28)30)12-21(20)29(34-14-16-4-9-19(27)10-5-16)24(22)33-13-15-2-7-18(26)8-3-15/h2-12H,13-14H2,1H3,(H2,28,30). The minimum Gasteiger partial charge on any atom is -0.471 e. The van der Waals surface area contributed by atoms with E-state index in [-0.39, 0.29) is 36.0 Å². The van der Waals surface area contributed by atoms with Crippen molar-refractivity contribution < 1.29 is 28.3 Å². The molecular formula is C25H20BrFN2O5. The lowest BCUT2D eigenvalue weighted by atomic mass is 10.1. The minimum atomic E-state index is -0.634. The Hall–Kier alpha value is -3.85. The number of methoxy groups -OCH3 is 1. The zero-order valence-electron chi connectivity index (χ0n) is 18.1. The number of hydrogen-bond donors (Lipinski definition) is 1. The van der Waals surface area contributed by atoms with Crippen molar-refractivity contribution in [3.8, 4) is 5.88 Å². The molecule has 0 aliphatic rings. The van der Waals surface area contributed by atoms with Crippen LogP contribution in [0.25, 0.3) is 10.9 Å². The first kappa shape index (κ1) is 23.3. The first-order valence-electron chi connectivity index (χ1n) is 10.2. The molecule has 0 aliphatic carbocycles. The fourth-order valence-electron chi connectivity index (χ4n) is 3.40. The van der Waals surface area contributed by atoms with Gasteiger partial charge in [-0.15, -0.1) is 4.73 Å². The Morgan fingerprint density at radius 1 is 0.971 bits per heavy atom. The maximum Gasteiger partial charge on any atom is 0.344 e. The van der Waals surface area contributed by atoms with Crippen LogP contribution in [0.3, 0.4) is 0 Å². The summed E-state index contributed by atoms with van der Waals surface area (Å²) in [6.07, 6.45) is 0. The van der Waals surface area contributed by atoms with Crippen molar-refractivity contribution in [3.63, 3.8) is 0 Å². The molecule has 1 aromatic heterocycles. The van der Waals surface area contributed by atoms with Crippen LogP contribution in [-0.2, 0) is 18.0 Å². The van der Waals surface area contributed by atoms with Crippen LogP contribution in [0.4, 0.5) is 4.39 Å². The lowest BCUT2D eigenvalue weighted by Crippen LogP contribution is -2.15. The topological polar surface area (TPSA) is 92.8 Å². The summed E-state index contributed by atoms with van der Waals surface area (Å²) < 4.78 is 26.6.